The van der Waals surface area contributed by atoms with Gasteiger partial charge in [-0.2, -0.15) is 0 Å². The van der Waals surface area contributed by atoms with Gasteiger partial charge in [-0.05, 0) is 97.4 Å². The quantitative estimate of drug-likeness (QED) is 0.170. The van der Waals surface area contributed by atoms with Crippen LogP contribution in [0.4, 0.5) is 0 Å². The number of benzene rings is 9. The smallest absolute Gasteiger partial charge is 0.160 e. The summed E-state index contributed by atoms with van der Waals surface area (Å²) in [7, 11) is 0. The van der Waals surface area contributed by atoms with Crippen LogP contribution in [0, 0.1) is 0 Å². The molecule has 0 aliphatic heterocycles. The van der Waals surface area contributed by atoms with Crippen molar-refractivity contribution in [3.8, 4) is 67.3 Å². The lowest BCUT2D eigenvalue weighted by atomic mass is 9.91. The van der Waals surface area contributed by atoms with Crippen molar-refractivity contribution < 1.29 is 0 Å². The van der Waals surface area contributed by atoms with E-state index in [-0.39, 0.29) is 0 Å². The molecule has 11 aromatic rings. The molecular weight excluding hydrogens is 709 g/mol. The molecule has 266 valence electrons. The van der Waals surface area contributed by atoms with Crippen molar-refractivity contribution in [2.75, 3.05) is 0 Å². The highest BCUT2D eigenvalue weighted by Crippen LogP contribution is 2.41. The molecule has 0 N–H and O–H groups in total. The van der Waals surface area contributed by atoms with Gasteiger partial charge in [0.1, 0.15) is 0 Å². The average molecular weight is 743 g/mol. The van der Waals surface area contributed by atoms with Crippen LogP contribution in [0.5, 0.6) is 0 Å². The van der Waals surface area contributed by atoms with Crippen molar-refractivity contribution in [3.05, 3.63) is 206 Å². The maximum absolute atomic E-state index is 5.36. The second-order valence-electron chi connectivity index (χ2n) is 14.5. The maximum Gasteiger partial charge on any atom is 0.160 e. The van der Waals surface area contributed by atoms with Crippen molar-refractivity contribution in [1.29, 1.82) is 0 Å². The first-order valence-electron chi connectivity index (χ1n) is 19.3. The predicted octanol–water partition coefficient (Wildman–Crippen LogP) is 15.2. The highest BCUT2D eigenvalue weighted by atomic mass is 32.1. The van der Waals surface area contributed by atoms with Crippen LogP contribution in [0.1, 0.15) is 0 Å². The predicted molar refractivity (Wildman–Crippen MR) is 243 cm³/mol. The summed E-state index contributed by atoms with van der Waals surface area (Å²) in [6.45, 7) is 0. The van der Waals surface area contributed by atoms with E-state index in [1.54, 1.807) is 0 Å². The number of hydrogen-bond acceptors (Lipinski definition) is 3. The van der Waals surface area contributed by atoms with Gasteiger partial charge in [0.15, 0.2) is 5.82 Å². The zero-order valence-corrected chi connectivity index (χ0v) is 31.7. The highest BCUT2D eigenvalue weighted by molar-refractivity contribution is 7.25. The zero-order chi connectivity index (χ0) is 37.7. The van der Waals surface area contributed by atoms with Crippen LogP contribution in [0.2, 0.25) is 0 Å². The standard InChI is InChI=1S/C54H34N2S/c1-2-16-37(17-3-1)54-55-50(34-51(56-54)47-23-9-8-22-46(47)45-26-13-19-36-15-5-7-21-43(36)45)41-31-39(30-40(32-41)44-25-12-18-35-14-4-6-20-42(35)44)38-28-29-53-49(33-38)48-24-10-11-27-52(48)57-53/h1-34H. The van der Waals surface area contributed by atoms with E-state index < -0.39 is 0 Å². The normalized spacial score (nSPS) is 11.5. The minimum absolute atomic E-state index is 0.694. The summed E-state index contributed by atoms with van der Waals surface area (Å²) in [4.78, 5) is 10.7. The van der Waals surface area contributed by atoms with Crippen molar-refractivity contribution in [3.63, 3.8) is 0 Å². The molecule has 0 atom stereocenters. The fourth-order valence-electron chi connectivity index (χ4n) is 8.33. The van der Waals surface area contributed by atoms with Gasteiger partial charge in [0.05, 0.1) is 11.4 Å². The Kier molecular flexibility index (Phi) is 8.04. The third-order valence-corrected chi connectivity index (χ3v) is 12.2. The third-order valence-electron chi connectivity index (χ3n) is 11.1. The van der Waals surface area contributed by atoms with Gasteiger partial charge in [0.25, 0.3) is 0 Å². The van der Waals surface area contributed by atoms with Crippen molar-refractivity contribution in [1.82, 2.24) is 9.97 Å². The average Bonchev–Trinajstić information content (AvgIpc) is 3.67. The molecule has 2 heterocycles. The minimum Gasteiger partial charge on any atom is -0.228 e. The third kappa shape index (κ3) is 5.97. The second kappa shape index (κ2) is 13.8. The first-order valence-corrected chi connectivity index (χ1v) is 20.1. The molecule has 2 aromatic heterocycles. The Balaban J connectivity index is 1.16. The van der Waals surface area contributed by atoms with E-state index in [4.69, 9.17) is 9.97 Å². The van der Waals surface area contributed by atoms with E-state index >= 15 is 0 Å². The van der Waals surface area contributed by atoms with Gasteiger partial charge in [-0.15, -0.1) is 11.3 Å². The Morgan fingerprint density at radius 1 is 0.281 bits per heavy atom. The number of rotatable bonds is 6. The molecule has 0 amide bonds. The van der Waals surface area contributed by atoms with E-state index in [2.05, 4.69) is 200 Å². The van der Waals surface area contributed by atoms with E-state index in [0.29, 0.717) is 5.82 Å². The lowest BCUT2D eigenvalue weighted by Crippen LogP contribution is -1.98. The summed E-state index contributed by atoms with van der Waals surface area (Å²) in [5, 5.41) is 7.44. The fraction of sp³-hybridized carbons (Fsp3) is 0. The summed E-state index contributed by atoms with van der Waals surface area (Å²) in [5.41, 5.74) is 11.8. The Hall–Kier alpha value is -7.20. The Labute approximate surface area is 335 Å². The molecule has 0 aliphatic rings. The molecule has 9 aromatic carbocycles. The Bertz CT molecular complexity index is 3300. The van der Waals surface area contributed by atoms with Crippen LogP contribution < -0.4 is 0 Å². The number of hydrogen-bond donors (Lipinski definition) is 0. The van der Waals surface area contributed by atoms with E-state index in [1.807, 2.05) is 17.4 Å². The number of aromatic nitrogens is 2. The molecule has 2 nitrogen and oxygen atoms in total. The van der Waals surface area contributed by atoms with Crippen LogP contribution >= 0.6 is 11.3 Å². The molecule has 0 bridgehead atoms. The lowest BCUT2D eigenvalue weighted by molar-refractivity contribution is 1.18. The highest BCUT2D eigenvalue weighted by Gasteiger charge is 2.18. The molecule has 0 spiro atoms. The molecule has 3 heteroatoms. The molecule has 57 heavy (non-hydrogen) atoms. The molecule has 0 saturated heterocycles. The van der Waals surface area contributed by atoms with Gasteiger partial charge in [-0.25, -0.2) is 9.97 Å². The summed E-state index contributed by atoms with van der Waals surface area (Å²) < 4.78 is 2.60. The van der Waals surface area contributed by atoms with Gasteiger partial charge in [-0.3, -0.25) is 0 Å². The minimum atomic E-state index is 0.694. The van der Waals surface area contributed by atoms with Gasteiger partial charge < -0.3 is 0 Å². The second-order valence-corrected chi connectivity index (χ2v) is 15.6. The largest absolute Gasteiger partial charge is 0.228 e. The van der Waals surface area contributed by atoms with Gasteiger partial charge in [-0.1, -0.05) is 164 Å². The van der Waals surface area contributed by atoms with Crippen molar-refractivity contribution in [2.24, 2.45) is 0 Å². The van der Waals surface area contributed by atoms with Crippen LogP contribution in [-0.4, -0.2) is 9.97 Å². The van der Waals surface area contributed by atoms with E-state index in [0.717, 1.165) is 44.8 Å². The zero-order valence-electron chi connectivity index (χ0n) is 30.9. The summed E-state index contributed by atoms with van der Waals surface area (Å²) in [6.07, 6.45) is 0. The van der Waals surface area contributed by atoms with E-state index in [9.17, 15) is 0 Å². The van der Waals surface area contributed by atoms with Crippen LogP contribution in [-0.2, 0) is 0 Å². The lowest BCUT2D eigenvalue weighted by Gasteiger charge is -2.16. The first-order chi connectivity index (χ1) is 28.2. The molecule has 11 rings (SSSR count). The number of thiophene rings is 1. The van der Waals surface area contributed by atoms with Crippen LogP contribution in [0.25, 0.3) is 109 Å². The Morgan fingerprint density at radius 2 is 0.842 bits per heavy atom. The molecule has 0 radical (unpaired) electrons. The van der Waals surface area contributed by atoms with E-state index in [1.165, 1.54) is 58.4 Å². The molecule has 0 saturated carbocycles. The molecule has 0 unspecified atom stereocenters. The van der Waals surface area contributed by atoms with Crippen LogP contribution in [0.3, 0.4) is 0 Å². The SMILES string of the molecule is c1ccc(-c2nc(-c3cc(-c4ccc5sc6ccccc6c5c4)cc(-c4cccc5ccccc45)c3)cc(-c3ccccc3-c3cccc4ccccc34)n2)cc1. The molecule has 0 fully saturated rings. The maximum atomic E-state index is 5.36. The van der Waals surface area contributed by atoms with Crippen molar-refractivity contribution >= 4 is 53.1 Å². The monoisotopic (exact) mass is 742 g/mol. The molecular formula is C54H34N2S. The van der Waals surface area contributed by atoms with Gasteiger partial charge in [0, 0.05) is 36.9 Å². The van der Waals surface area contributed by atoms with Crippen molar-refractivity contribution in [2.45, 2.75) is 0 Å². The molecule has 0 aliphatic carbocycles. The Morgan fingerprint density at radius 3 is 1.65 bits per heavy atom. The van der Waals surface area contributed by atoms with Gasteiger partial charge >= 0.3 is 0 Å². The van der Waals surface area contributed by atoms with Gasteiger partial charge in [0.2, 0.25) is 0 Å². The number of nitrogens with zero attached hydrogens (tertiary/aromatic N) is 2. The first kappa shape index (κ1) is 33.2. The number of fused-ring (bicyclic) bond motifs is 5. The summed E-state index contributed by atoms with van der Waals surface area (Å²) >= 11 is 1.85. The summed E-state index contributed by atoms with van der Waals surface area (Å²) in [5.74, 6) is 0.694. The topological polar surface area (TPSA) is 25.8 Å². The fourth-order valence-corrected chi connectivity index (χ4v) is 9.42. The van der Waals surface area contributed by atoms with Crippen LogP contribution in [0.15, 0.2) is 206 Å². The summed E-state index contributed by atoms with van der Waals surface area (Å²) in [6, 6.07) is 74.1.